The average Bonchev–Trinajstić information content (AvgIpc) is 2.78. The van der Waals surface area contributed by atoms with Gasteiger partial charge in [-0.15, -0.1) is 0 Å². The second-order valence-electron chi connectivity index (χ2n) is 6.71. The van der Waals surface area contributed by atoms with Crippen LogP contribution in [-0.4, -0.2) is 65.4 Å². The first-order valence-corrected chi connectivity index (χ1v) is 9.56. The van der Waals surface area contributed by atoms with Crippen LogP contribution in [0.1, 0.15) is 5.56 Å². The topological polar surface area (TPSA) is 60.5 Å². The minimum absolute atomic E-state index is 0.0650. The number of carbonyl (C=O) groups is 1. The van der Waals surface area contributed by atoms with Crippen LogP contribution in [0.5, 0.6) is 23.0 Å². The van der Waals surface area contributed by atoms with Crippen LogP contribution in [-0.2, 0) is 11.2 Å². The first kappa shape index (κ1) is 20.6. The lowest BCUT2D eigenvalue weighted by molar-refractivity contribution is -0.130. The summed E-state index contributed by atoms with van der Waals surface area (Å²) in [7, 11) is 6.37. The van der Waals surface area contributed by atoms with Crippen LogP contribution in [0.4, 0.5) is 5.69 Å². The third-order valence-electron chi connectivity index (χ3n) is 5.19. The molecule has 0 radical (unpaired) electrons. The number of piperazine rings is 1. The Balaban J connectivity index is 1.67. The highest BCUT2D eigenvalue weighted by atomic mass is 16.5. The van der Waals surface area contributed by atoms with Gasteiger partial charge in [0.2, 0.25) is 11.7 Å². The lowest BCUT2D eigenvalue weighted by Crippen LogP contribution is -2.49. The molecule has 2 aromatic rings. The molecule has 1 amide bonds. The van der Waals surface area contributed by atoms with Gasteiger partial charge in [-0.2, -0.15) is 0 Å². The summed E-state index contributed by atoms with van der Waals surface area (Å²) in [5, 5.41) is 0. The molecular weight excluding hydrogens is 372 g/mol. The third-order valence-corrected chi connectivity index (χ3v) is 5.19. The zero-order valence-electron chi connectivity index (χ0n) is 17.4. The highest BCUT2D eigenvalue weighted by Crippen LogP contribution is 2.40. The van der Waals surface area contributed by atoms with Crippen molar-refractivity contribution < 1.29 is 23.7 Å². The molecule has 7 heteroatoms. The third kappa shape index (κ3) is 4.34. The van der Waals surface area contributed by atoms with E-state index in [0.29, 0.717) is 30.3 Å². The molecule has 1 saturated heterocycles. The van der Waals surface area contributed by atoms with Gasteiger partial charge in [0.15, 0.2) is 11.5 Å². The molecule has 1 fully saturated rings. The first-order valence-electron chi connectivity index (χ1n) is 9.56. The highest BCUT2D eigenvalue weighted by Gasteiger charge is 2.25. The number of anilines is 1. The Labute approximate surface area is 171 Å². The molecule has 1 heterocycles. The van der Waals surface area contributed by atoms with Crippen molar-refractivity contribution in [2.75, 3.05) is 59.5 Å². The second kappa shape index (κ2) is 9.41. The summed E-state index contributed by atoms with van der Waals surface area (Å²) in [6.45, 7) is 2.84. The van der Waals surface area contributed by atoms with Gasteiger partial charge in [-0.05, 0) is 18.2 Å². The molecule has 7 nitrogen and oxygen atoms in total. The van der Waals surface area contributed by atoms with Gasteiger partial charge in [0.05, 0.1) is 40.5 Å². The van der Waals surface area contributed by atoms with Crippen molar-refractivity contribution in [1.29, 1.82) is 0 Å². The smallest absolute Gasteiger partial charge is 0.227 e. The van der Waals surface area contributed by atoms with Crippen molar-refractivity contribution in [3.8, 4) is 23.0 Å². The van der Waals surface area contributed by atoms with E-state index >= 15 is 0 Å². The van der Waals surface area contributed by atoms with Crippen LogP contribution in [0.25, 0.3) is 0 Å². The maximum absolute atomic E-state index is 12.9. The summed E-state index contributed by atoms with van der Waals surface area (Å²) in [6, 6.07) is 11.6. The van der Waals surface area contributed by atoms with E-state index in [4.69, 9.17) is 18.9 Å². The molecule has 2 aromatic carbocycles. The van der Waals surface area contributed by atoms with Gasteiger partial charge in [-0.25, -0.2) is 0 Å². The van der Waals surface area contributed by atoms with Gasteiger partial charge in [0, 0.05) is 31.7 Å². The normalized spacial score (nSPS) is 13.8. The molecule has 0 aromatic heterocycles. The Morgan fingerprint density at radius 2 is 1.45 bits per heavy atom. The number of benzene rings is 2. The SMILES string of the molecule is COc1ccccc1N1CCN(C(=O)Cc2ccc(OC)c(OC)c2OC)CC1. The number of hydrogen-bond donors (Lipinski definition) is 0. The maximum atomic E-state index is 12.9. The highest BCUT2D eigenvalue weighted by molar-refractivity contribution is 5.80. The van der Waals surface area contributed by atoms with E-state index in [1.165, 1.54) is 0 Å². The maximum Gasteiger partial charge on any atom is 0.227 e. The van der Waals surface area contributed by atoms with Gasteiger partial charge in [0.1, 0.15) is 5.75 Å². The number of methoxy groups -OCH3 is 4. The molecule has 0 atom stereocenters. The van der Waals surface area contributed by atoms with Gasteiger partial charge in [-0.3, -0.25) is 4.79 Å². The standard InChI is InChI=1S/C22H28N2O5/c1-26-18-8-6-5-7-17(18)23-11-13-24(14-12-23)20(25)15-16-9-10-19(27-2)22(29-4)21(16)28-3/h5-10H,11-15H2,1-4H3. The van der Waals surface area contributed by atoms with Crippen LogP contribution >= 0.6 is 0 Å². The number of carbonyl (C=O) groups excluding carboxylic acids is 1. The zero-order valence-corrected chi connectivity index (χ0v) is 17.4. The predicted molar refractivity (Wildman–Crippen MR) is 112 cm³/mol. The summed E-state index contributed by atoms with van der Waals surface area (Å²) < 4.78 is 21.7. The van der Waals surface area contributed by atoms with Crippen LogP contribution in [0.2, 0.25) is 0 Å². The quantitative estimate of drug-likeness (QED) is 0.712. The van der Waals surface area contributed by atoms with E-state index < -0.39 is 0 Å². The minimum Gasteiger partial charge on any atom is -0.495 e. The lowest BCUT2D eigenvalue weighted by atomic mass is 10.1. The monoisotopic (exact) mass is 400 g/mol. The fourth-order valence-electron chi connectivity index (χ4n) is 3.66. The molecule has 156 valence electrons. The molecule has 0 unspecified atom stereocenters. The molecule has 0 N–H and O–H groups in total. The molecule has 0 aliphatic carbocycles. The molecular formula is C22H28N2O5. The molecule has 29 heavy (non-hydrogen) atoms. The van der Waals surface area contributed by atoms with E-state index in [2.05, 4.69) is 4.90 Å². The Hall–Kier alpha value is -3.09. The van der Waals surface area contributed by atoms with Crippen molar-refractivity contribution in [1.82, 2.24) is 4.90 Å². The van der Waals surface area contributed by atoms with E-state index in [9.17, 15) is 4.79 Å². The van der Waals surface area contributed by atoms with E-state index in [-0.39, 0.29) is 12.3 Å². The Bertz CT molecular complexity index is 847. The fraction of sp³-hybridized carbons (Fsp3) is 0.409. The largest absolute Gasteiger partial charge is 0.495 e. The number of amides is 1. The van der Waals surface area contributed by atoms with Crippen molar-refractivity contribution in [2.45, 2.75) is 6.42 Å². The van der Waals surface area contributed by atoms with Crippen LogP contribution in [0.3, 0.4) is 0 Å². The number of ether oxygens (including phenoxy) is 4. The fourth-order valence-corrected chi connectivity index (χ4v) is 3.66. The van der Waals surface area contributed by atoms with Crippen LogP contribution < -0.4 is 23.8 Å². The lowest BCUT2D eigenvalue weighted by Gasteiger charge is -2.36. The zero-order chi connectivity index (χ0) is 20.8. The van der Waals surface area contributed by atoms with Crippen molar-refractivity contribution in [2.24, 2.45) is 0 Å². The molecule has 1 aliphatic heterocycles. The Morgan fingerprint density at radius 1 is 0.793 bits per heavy atom. The Morgan fingerprint density at radius 3 is 2.07 bits per heavy atom. The number of para-hydroxylation sites is 2. The van der Waals surface area contributed by atoms with E-state index in [1.54, 1.807) is 34.5 Å². The summed E-state index contributed by atoms with van der Waals surface area (Å²) >= 11 is 0. The summed E-state index contributed by atoms with van der Waals surface area (Å²) in [4.78, 5) is 17.1. The van der Waals surface area contributed by atoms with Crippen molar-refractivity contribution in [3.05, 3.63) is 42.0 Å². The summed E-state index contributed by atoms with van der Waals surface area (Å²) in [5.41, 5.74) is 1.84. The molecule has 0 bridgehead atoms. The average molecular weight is 400 g/mol. The summed E-state index contributed by atoms with van der Waals surface area (Å²) in [6.07, 6.45) is 0.248. The molecule has 1 aliphatic rings. The summed E-state index contributed by atoms with van der Waals surface area (Å²) in [5.74, 6) is 2.53. The molecule has 3 rings (SSSR count). The van der Waals surface area contributed by atoms with Crippen LogP contribution in [0, 0.1) is 0 Å². The number of nitrogens with zero attached hydrogens (tertiary/aromatic N) is 2. The Kier molecular flexibility index (Phi) is 6.69. The van der Waals surface area contributed by atoms with Crippen molar-refractivity contribution in [3.63, 3.8) is 0 Å². The minimum atomic E-state index is 0.0650. The predicted octanol–water partition coefficient (Wildman–Crippen LogP) is 2.61. The van der Waals surface area contributed by atoms with Gasteiger partial charge < -0.3 is 28.7 Å². The molecule has 0 saturated carbocycles. The second-order valence-corrected chi connectivity index (χ2v) is 6.71. The van der Waals surface area contributed by atoms with Gasteiger partial charge >= 0.3 is 0 Å². The van der Waals surface area contributed by atoms with Gasteiger partial charge in [-0.1, -0.05) is 18.2 Å². The van der Waals surface area contributed by atoms with Crippen LogP contribution in [0.15, 0.2) is 36.4 Å². The first-order chi connectivity index (χ1) is 14.1. The van der Waals surface area contributed by atoms with Crippen molar-refractivity contribution >= 4 is 11.6 Å². The van der Waals surface area contributed by atoms with E-state index in [0.717, 1.165) is 30.1 Å². The molecule has 0 spiro atoms. The number of hydrogen-bond acceptors (Lipinski definition) is 6. The number of rotatable bonds is 7. The van der Waals surface area contributed by atoms with Gasteiger partial charge in [0.25, 0.3) is 0 Å². The van der Waals surface area contributed by atoms with E-state index in [1.807, 2.05) is 35.2 Å².